The molecule has 0 radical (unpaired) electrons. The van der Waals surface area contributed by atoms with Gasteiger partial charge in [0.25, 0.3) is 5.69 Å². The van der Waals surface area contributed by atoms with Crippen LogP contribution in [0.5, 0.6) is 0 Å². The van der Waals surface area contributed by atoms with Crippen molar-refractivity contribution in [3.05, 3.63) is 62.5 Å². The first-order valence-electron chi connectivity index (χ1n) is 7.56. The van der Waals surface area contributed by atoms with Crippen LogP contribution in [0.25, 0.3) is 0 Å². The fraction of sp³-hybridized carbons (Fsp3) is 0.294. The van der Waals surface area contributed by atoms with E-state index in [0.717, 1.165) is 14.2 Å². The fourth-order valence-corrected chi connectivity index (χ4v) is 3.00. The smallest absolute Gasteiger partial charge is 0.336 e. The molecular formula is C17H18N2O7. The first-order chi connectivity index (χ1) is 12.3. The monoisotopic (exact) mass is 362 g/mol. The summed E-state index contributed by atoms with van der Waals surface area (Å²) in [7, 11) is 2.29. The largest absolute Gasteiger partial charge is 0.466 e. The van der Waals surface area contributed by atoms with Crippen LogP contribution in [0.2, 0.25) is 0 Å². The zero-order valence-corrected chi connectivity index (χ0v) is 14.7. The van der Waals surface area contributed by atoms with E-state index in [1.165, 1.54) is 32.0 Å². The third-order valence-corrected chi connectivity index (χ3v) is 4.25. The van der Waals surface area contributed by atoms with Crippen LogP contribution >= 0.6 is 0 Å². The summed E-state index contributed by atoms with van der Waals surface area (Å²) < 4.78 is 9.56. The quantitative estimate of drug-likeness (QED) is 0.492. The van der Waals surface area contributed by atoms with Crippen molar-refractivity contribution in [2.24, 2.45) is 0 Å². The molecule has 138 valence electrons. The number of carbonyl (C=O) groups excluding carboxylic acids is 2. The lowest BCUT2D eigenvalue weighted by Crippen LogP contribution is -2.33. The second-order valence-corrected chi connectivity index (χ2v) is 5.54. The zero-order chi connectivity index (χ0) is 19.6. The number of hydrogen-bond acceptors (Lipinski definition) is 8. The second-order valence-electron chi connectivity index (χ2n) is 5.54. The number of ether oxygens (including phenoxy) is 2. The highest BCUT2D eigenvalue weighted by Crippen LogP contribution is 2.44. The number of para-hydroxylation sites is 1. The lowest BCUT2D eigenvalue weighted by Gasteiger charge is -2.33. The Morgan fingerprint density at radius 2 is 1.54 bits per heavy atom. The van der Waals surface area contributed by atoms with E-state index >= 15 is 0 Å². The molecule has 0 amide bonds. The summed E-state index contributed by atoms with van der Waals surface area (Å²) >= 11 is 0. The van der Waals surface area contributed by atoms with Crippen molar-refractivity contribution in [3.8, 4) is 0 Å². The van der Waals surface area contributed by atoms with Gasteiger partial charge >= 0.3 is 11.9 Å². The number of carbonyl (C=O) groups is 2. The number of benzene rings is 1. The van der Waals surface area contributed by atoms with E-state index in [4.69, 9.17) is 9.47 Å². The molecule has 1 aliphatic rings. The molecule has 0 aliphatic carbocycles. The molecule has 9 heteroatoms. The average molecular weight is 362 g/mol. The summed E-state index contributed by atoms with van der Waals surface area (Å²) in [6.45, 7) is 2.90. The Morgan fingerprint density at radius 3 is 1.96 bits per heavy atom. The Hall–Kier alpha value is -3.20. The van der Waals surface area contributed by atoms with Crippen molar-refractivity contribution in [2.75, 3.05) is 14.2 Å². The van der Waals surface area contributed by atoms with Gasteiger partial charge in [-0.1, -0.05) is 18.2 Å². The van der Waals surface area contributed by atoms with E-state index in [-0.39, 0.29) is 33.8 Å². The van der Waals surface area contributed by atoms with Gasteiger partial charge in [-0.05, 0) is 13.8 Å². The number of rotatable bonds is 4. The second kappa shape index (κ2) is 7.36. The van der Waals surface area contributed by atoms with Crippen LogP contribution in [0.15, 0.2) is 46.8 Å². The number of hydrogen-bond donors (Lipinski definition) is 1. The van der Waals surface area contributed by atoms with Gasteiger partial charge in [0, 0.05) is 11.6 Å². The highest BCUT2D eigenvalue weighted by atomic mass is 16.6. The van der Waals surface area contributed by atoms with Gasteiger partial charge in [0.15, 0.2) is 0 Å². The van der Waals surface area contributed by atoms with Crippen molar-refractivity contribution in [2.45, 2.75) is 19.8 Å². The lowest BCUT2D eigenvalue weighted by molar-refractivity contribution is -0.385. The van der Waals surface area contributed by atoms with Gasteiger partial charge in [0.1, 0.15) is 0 Å². The molecular weight excluding hydrogens is 344 g/mol. The molecule has 1 aromatic rings. The highest BCUT2D eigenvalue weighted by molar-refractivity contribution is 6.00. The number of hydroxylamine groups is 2. The standard InChI is InChI=1S/C17H18N2O7/c1-9-13(16(20)25-3)15(11-7-5-6-8-12(11)19(23)24)14(17(21)26-4)10(2)18(9)22/h5-8,15,22H,1-4H3. The molecule has 1 aliphatic heterocycles. The van der Waals surface area contributed by atoms with Crippen molar-refractivity contribution in [1.29, 1.82) is 0 Å². The first-order valence-corrected chi connectivity index (χ1v) is 7.56. The predicted molar refractivity (Wildman–Crippen MR) is 88.9 cm³/mol. The van der Waals surface area contributed by atoms with Crippen molar-refractivity contribution in [1.82, 2.24) is 5.06 Å². The average Bonchev–Trinajstić information content (AvgIpc) is 2.64. The molecule has 1 aromatic carbocycles. The number of esters is 2. The van der Waals surface area contributed by atoms with Gasteiger partial charge in [-0.15, -0.1) is 0 Å². The third kappa shape index (κ3) is 3.04. The summed E-state index contributed by atoms with van der Waals surface area (Å²) in [6, 6.07) is 5.76. The Balaban J connectivity index is 2.87. The van der Waals surface area contributed by atoms with Crippen molar-refractivity contribution >= 4 is 17.6 Å². The van der Waals surface area contributed by atoms with Gasteiger partial charge in [0.05, 0.1) is 47.6 Å². The van der Waals surface area contributed by atoms with Gasteiger partial charge in [-0.3, -0.25) is 15.3 Å². The molecule has 1 heterocycles. The SMILES string of the molecule is COC(=O)C1=C(C)N(O)C(C)=C(C(=O)OC)C1c1ccccc1[N+](=O)[O-]. The molecule has 26 heavy (non-hydrogen) atoms. The van der Waals surface area contributed by atoms with Crippen LogP contribution < -0.4 is 0 Å². The first kappa shape index (κ1) is 19.1. The topological polar surface area (TPSA) is 119 Å². The predicted octanol–water partition coefficient (Wildman–Crippen LogP) is 2.28. The number of nitro groups is 1. The summed E-state index contributed by atoms with van der Waals surface area (Å²) in [5.74, 6) is -2.77. The molecule has 0 aromatic heterocycles. The van der Waals surface area contributed by atoms with Crippen LogP contribution in [0.4, 0.5) is 5.69 Å². The summed E-state index contributed by atoms with van der Waals surface area (Å²) in [4.78, 5) is 35.6. The summed E-state index contributed by atoms with van der Waals surface area (Å²) in [5, 5.41) is 22.4. The maximum absolute atomic E-state index is 12.4. The highest BCUT2D eigenvalue weighted by Gasteiger charge is 2.42. The van der Waals surface area contributed by atoms with E-state index in [1.807, 2.05) is 0 Å². The van der Waals surface area contributed by atoms with Gasteiger partial charge in [-0.2, -0.15) is 0 Å². The zero-order valence-electron chi connectivity index (χ0n) is 14.7. The molecule has 9 nitrogen and oxygen atoms in total. The summed E-state index contributed by atoms with van der Waals surface area (Å²) in [6.07, 6.45) is 0. The van der Waals surface area contributed by atoms with Gasteiger partial charge in [-0.25, -0.2) is 14.7 Å². The molecule has 0 saturated carbocycles. The normalized spacial score (nSPS) is 15.2. The molecule has 0 spiro atoms. The molecule has 0 bridgehead atoms. The fourth-order valence-electron chi connectivity index (χ4n) is 3.00. The van der Waals surface area contributed by atoms with E-state index in [9.17, 15) is 24.9 Å². The number of allylic oxidation sites excluding steroid dienone is 2. The maximum Gasteiger partial charge on any atom is 0.336 e. The third-order valence-electron chi connectivity index (χ3n) is 4.25. The Bertz CT molecular complexity index is 801. The Labute approximate surface area is 149 Å². The molecule has 0 unspecified atom stereocenters. The van der Waals surface area contributed by atoms with Crippen LogP contribution in [0, 0.1) is 10.1 Å². The van der Waals surface area contributed by atoms with Crippen LogP contribution in [-0.4, -0.2) is 41.4 Å². The minimum atomic E-state index is -1.13. The van der Waals surface area contributed by atoms with Crippen molar-refractivity contribution in [3.63, 3.8) is 0 Å². The van der Waals surface area contributed by atoms with E-state index in [0.29, 0.717) is 5.06 Å². The molecule has 2 rings (SSSR count). The maximum atomic E-state index is 12.4. The lowest BCUT2D eigenvalue weighted by atomic mass is 9.79. The van der Waals surface area contributed by atoms with Gasteiger partial charge in [0.2, 0.25) is 0 Å². The van der Waals surface area contributed by atoms with E-state index in [1.54, 1.807) is 6.07 Å². The molecule has 0 atom stereocenters. The summed E-state index contributed by atoms with van der Waals surface area (Å²) in [5.41, 5.74) is -0.127. The number of nitro benzene ring substituents is 1. The Kier molecular flexibility index (Phi) is 5.41. The van der Waals surface area contributed by atoms with Crippen molar-refractivity contribution < 1.29 is 29.2 Å². The van der Waals surface area contributed by atoms with Crippen LogP contribution in [0.1, 0.15) is 25.3 Å². The van der Waals surface area contributed by atoms with Gasteiger partial charge < -0.3 is 9.47 Å². The van der Waals surface area contributed by atoms with E-state index < -0.39 is 22.8 Å². The number of methoxy groups -OCH3 is 2. The number of nitrogens with zero attached hydrogens (tertiary/aromatic N) is 2. The molecule has 0 saturated heterocycles. The minimum absolute atomic E-state index is 0.0877. The Morgan fingerprint density at radius 1 is 1.08 bits per heavy atom. The van der Waals surface area contributed by atoms with E-state index in [2.05, 4.69) is 0 Å². The molecule has 0 fully saturated rings. The molecule has 1 N–H and O–H groups in total. The minimum Gasteiger partial charge on any atom is -0.466 e. The van der Waals surface area contributed by atoms with Crippen LogP contribution in [-0.2, 0) is 19.1 Å². The van der Waals surface area contributed by atoms with Crippen LogP contribution in [0.3, 0.4) is 0 Å².